The SMILES string of the molecule is CN1C(=O)C(O)c2ccc(N(C)c3ccccc3)cc21. The number of hydrogen-bond acceptors (Lipinski definition) is 3. The predicted molar refractivity (Wildman–Crippen MR) is 79.3 cm³/mol. The summed E-state index contributed by atoms with van der Waals surface area (Å²) in [7, 11) is 3.66. The zero-order valence-corrected chi connectivity index (χ0v) is 11.4. The first-order valence-corrected chi connectivity index (χ1v) is 6.48. The second kappa shape index (κ2) is 4.65. The van der Waals surface area contributed by atoms with Crippen molar-refractivity contribution < 1.29 is 9.90 Å². The fourth-order valence-corrected chi connectivity index (χ4v) is 2.50. The summed E-state index contributed by atoms with van der Waals surface area (Å²) in [6.45, 7) is 0. The van der Waals surface area contributed by atoms with Gasteiger partial charge in [-0.2, -0.15) is 0 Å². The molecule has 0 aliphatic carbocycles. The highest BCUT2D eigenvalue weighted by molar-refractivity contribution is 6.04. The third-order valence-electron chi connectivity index (χ3n) is 3.77. The summed E-state index contributed by atoms with van der Waals surface area (Å²) in [4.78, 5) is 15.3. The van der Waals surface area contributed by atoms with E-state index in [1.165, 1.54) is 4.90 Å². The van der Waals surface area contributed by atoms with Gasteiger partial charge >= 0.3 is 0 Å². The number of likely N-dealkylation sites (N-methyl/N-ethyl adjacent to an activating group) is 1. The standard InChI is InChI=1S/C16H16N2O2/c1-17(11-6-4-3-5-7-11)12-8-9-13-14(10-12)18(2)16(20)15(13)19/h3-10,15,19H,1-2H3. The molecule has 0 saturated carbocycles. The first kappa shape index (κ1) is 12.7. The smallest absolute Gasteiger partial charge is 0.260 e. The number of benzene rings is 2. The normalized spacial score (nSPS) is 17.2. The van der Waals surface area contributed by atoms with Crippen molar-refractivity contribution in [1.29, 1.82) is 0 Å². The monoisotopic (exact) mass is 268 g/mol. The number of para-hydroxylation sites is 1. The number of hydrogen-bond donors (Lipinski definition) is 1. The summed E-state index contributed by atoms with van der Waals surface area (Å²) < 4.78 is 0. The van der Waals surface area contributed by atoms with E-state index in [0.717, 1.165) is 17.1 Å². The van der Waals surface area contributed by atoms with Crippen molar-refractivity contribution in [3.05, 3.63) is 54.1 Å². The van der Waals surface area contributed by atoms with Crippen molar-refractivity contribution in [2.75, 3.05) is 23.9 Å². The van der Waals surface area contributed by atoms with Crippen molar-refractivity contribution >= 4 is 23.0 Å². The van der Waals surface area contributed by atoms with Gasteiger partial charge in [0.15, 0.2) is 6.10 Å². The first-order chi connectivity index (χ1) is 9.59. The fourth-order valence-electron chi connectivity index (χ4n) is 2.50. The molecule has 1 unspecified atom stereocenters. The van der Waals surface area contributed by atoms with E-state index in [2.05, 4.69) is 0 Å². The van der Waals surface area contributed by atoms with Crippen LogP contribution >= 0.6 is 0 Å². The predicted octanol–water partition coefficient (Wildman–Crippen LogP) is 2.46. The van der Waals surface area contributed by atoms with E-state index < -0.39 is 6.10 Å². The Hall–Kier alpha value is -2.33. The van der Waals surface area contributed by atoms with Gasteiger partial charge in [0.25, 0.3) is 5.91 Å². The molecule has 2 aromatic carbocycles. The van der Waals surface area contributed by atoms with E-state index >= 15 is 0 Å². The molecular weight excluding hydrogens is 252 g/mol. The molecule has 1 N–H and O–H groups in total. The second-order valence-corrected chi connectivity index (χ2v) is 4.94. The topological polar surface area (TPSA) is 43.8 Å². The van der Waals surface area contributed by atoms with Crippen LogP contribution in [0.1, 0.15) is 11.7 Å². The van der Waals surface area contributed by atoms with Crippen LogP contribution in [-0.2, 0) is 4.79 Å². The summed E-state index contributed by atoms with van der Waals surface area (Å²) >= 11 is 0. The van der Waals surface area contributed by atoms with Gasteiger partial charge in [0.05, 0.1) is 5.69 Å². The van der Waals surface area contributed by atoms with Crippen LogP contribution in [0.15, 0.2) is 48.5 Å². The van der Waals surface area contributed by atoms with Crippen molar-refractivity contribution in [2.45, 2.75) is 6.10 Å². The highest BCUT2D eigenvalue weighted by atomic mass is 16.3. The van der Waals surface area contributed by atoms with E-state index in [-0.39, 0.29) is 5.91 Å². The summed E-state index contributed by atoms with van der Waals surface area (Å²) in [5, 5.41) is 9.86. The molecule has 0 spiro atoms. The number of fused-ring (bicyclic) bond motifs is 1. The lowest BCUT2D eigenvalue weighted by molar-refractivity contribution is -0.125. The third-order valence-corrected chi connectivity index (χ3v) is 3.77. The van der Waals surface area contributed by atoms with Gasteiger partial charge in [-0.05, 0) is 24.3 Å². The van der Waals surface area contributed by atoms with E-state index in [0.29, 0.717) is 5.56 Å². The van der Waals surface area contributed by atoms with Gasteiger partial charge in [-0.25, -0.2) is 0 Å². The van der Waals surface area contributed by atoms with Gasteiger partial charge in [-0.1, -0.05) is 24.3 Å². The summed E-state index contributed by atoms with van der Waals surface area (Å²) in [5.41, 5.74) is 3.48. The van der Waals surface area contributed by atoms with E-state index in [1.54, 1.807) is 7.05 Å². The van der Waals surface area contributed by atoms with Crippen LogP contribution in [0.4, 0.5) is 17.1 Å². The highest BCUT2D eigenvalue weighted by Gasteiger charge is 2.33. The van der Waals surface area contributed by atoms with E-state index in [1.807, 2.05) is 60.5 Å². The molecule has 0 bridgehead atoms. The van der Waals surface area contributed by atoms with Crippen molar-refractivity contribution in [2.24, 2.45) is 0 Å². The molecule has 4 heteroatoms. The molecule has 4 nitrogen and oxygen atoms in total. The summed E-state index contributed by atoms with van der Waals surface area (Å²) in [6.07, 6.45) is -1.04. The fraction of sp³-hybridized carbons (Fsp3) is 0.188. The Morgan fingerprint density at radius 1 is 1.10 bits per heavy atom. The third kappa shape index (κ3) is 1.85. The number of rotatable bonds is 2. The van der Waals surface area contributed by atoms with E-state index in [9.17, 15) is 9.90 Å². The molecule has 2 aromatic rings. The maximum Gasteiger partial charge on any atom is 0.260 e. The quantitative estimate of drug-likeness (QED) is 0.910. The molecule has 1 heterocycles. The largest absolute Gasteiger partial charge is 0.378 e. The zero-order chi connectivity index (χ0) is 14.3. The molecule has 1 aliphatic heterocycles. The lowest BCUT2D eigenvalue weighted by Gasteiger charge is -2.21. The first-order valence-electron chi connectivity index (χ1n) is 6.48. The maximum atomic E-state index is 11.8. The van der Waals surface area contributed by atoms with Crippen LogP contribution in [0.5, 0.6) is 0 Å². The molecule has 1 aliphatic rings. The Morgan fingerprint density at radius 2 is 1.80 bits per heavy atom. The molecule has 1 atom stereocenters. The van der Waals surface area contributed by atoms with Gasteiger partial charge in [0, 0.05) is 31.0 Å². The zero-order valence-electron chi connectivity index (χ0n) is 11.4. The average molecular weight is 268 g/mol. The van der Waals surface area contributed by atoms with Crippen LogP contribution in [0.2, 0.25) is 0 Å². The molecular formula is C16H16N2O2. The average Bonchev–Trinajstić information content (AvgIpc) is 2.72. The molecule has 3 rings (SSSR count). The van der Waals surface area contributed by atoms with Gasteiger partial charge in [0.2, 0.25) is 0 Å². The molecule has 102 valence electrons. The minimum atomic E-state index is -1.04. The number of nitrogens with zero attached hydrogens (tertiary/aromatic N) is 2. The Balaban J connectivity index is 2.00. The number of anilines is 3. The van der Waals surface area contributed by atoms with Crippen molar-refractivity contribution in [3.63, 3.8) is 0 Å². The number of amides is 1. The van der Waals surface area contributed by atoms with Crippen LogP contribution in [-0.4, -0.2) is 25.1 Å². The Bertz CT molecular complexity index is 655. The number of aliphatic hydroxyl groups excluding tert-OH is 1. The molecule has 20 heavy (non-hydrogen) atoms. The molecule has 0 aromatic heterocycles. The Labute approximate surface area is 117 Å². The van der Waals surface area contributed by atoms with Gasteiger partial charge < -0.3 is 14.9 Å². The maximum absolute atomic E-state index is 11.8. The van der Waals surface area contributed by atoms with Gasteiger partial charge in [-0.3, -0.25) is 4.79 Å². The van der Waals surface area contributed by atoms with E-state index in [4.69, 9.17) is 0 Å². The van der Waals surface area contributed by atoms with Crippen molar-refractivity contribution in [1.82, 2.24) is 0 Å². The highest BCUT2D eigenvalue weighted by Crippen LogP contribution is 2.38. The molecule has 0 fully saturated rings. The summed E-state index contributed by atoms with van der Waals surface area (Å²) in [6, 6.07) is 15.7. The minimum absolute atomic E-state index is 0.278. The lowest BCUT2D eigenvalue weighted by Crippen LogP contribution is -2.23. The van der Waals surface area contributed by atoms with Crippen LogP contribution < -0.4 is 9.80 Å². The number of carbonyl (C=O) groups is 1. The van der Waals surface area contributed by atoms with Crippen LogP contribution in [0, 0.1) is 0 Å². The number of carbonyl (C=O) groups excluding carboxylic acids is 1. The molecule has 0 radical (unpaired) electrons. The van der Waals surface area contributed by atoms with Crippen molar-refractivity contribution in [3.8, 4) is 0 Å². The lowest BCUT2D eigenvalue weighted by atomic mass is 10.1. The Kier molecular flexibility index (Phi) is 2.95. The summed E-state index contributed by atoms with van der Waals surface area (Å²) in [5.74, 6) is -0.278. The van der Waals surface area contributed by atoms with Crippen LogP contribution in [0.3, 0.4) is 0 Å². The molecule has 0 saturated heterocycles. The van der Waals surface area contributed by atoms with Gasteiger partial charge in [-0.15, -0.1) is 0 Å². The minimum Gasteiger partial charge on any atom is -0.378 e. The van der Waals surface area contributed by atoms with Gasteiger partial charge in [0.1, 0.15) is 0 Å². The number of aliphatic hydroxyl groups is 1. The molecule has 1 amide bonds. The second-order valence-electron chi connectivity index (χ2n) is 4.94. The van der Waals surface area contributed by atoms with Crippen LogP contribution in [0.25, 0.3) is 0 Å². The Morgan fingerprint density at radius 3 is 2.50 bits per heavy atom.